The average molecular weight is 385 g/mol. The van der Waals surface area contributed by atoms with Crippen molar-refractivity contribution in [3.05, 3.63) is 47.3 Å². The van der Waals surface area contributed by atoms with Crippen LogP contribution in [0.5, 0.6) is 0 Å². The Morgan fingerprint density at radius 3 is 2.60 bits per heavy atom. The summed E-state index contributed by atoms with van der Waals surface area (Å²) in [4.78, 5) is 2.55. The molecule has 2 atom stereocenters. The number of rotatable bonds is 3. The summed E-state index contributed by atoms with van der Waals surface area (Å²) in [6, 6.07) is 11.4. The molecule has 0 aliphatic carbocycles. The molecule has 0 spiro atoms. The maximum atomic E-state index is 5.85. The summed E-state index contributed by atoms with van der Waals surface area (Å²) >= 11 is 0. The third kappa shape index (κ3) is 4.18. The lowest BCUT2D eigenvalue weighted by Gasteiger charge is -2.37. The Labute approximate surface area is 161 Å². The minimum atomic E-state index is 0. The first-order valence-corrected chi connectivity index (χ1v) is 8.40. The number of fused-ring (bicyclic) bond motifs is 1. The SMILES string of the molecule is Cc1cc(C)n(-c2ccc(CN3CCO[C@H]4CNC[C@H]43)cc2)n1.Cl.Cl. The van der Waals surface area contributed by atoms with Gasteiger partial charge < -0.3 is 10.1 Å². The molecule has 138 valence electrons. The Hall–Kier alpha value is -1.11. The molecule has 3 heterocycles. The minimum absolute atomic E-state index is 0. The summed E-state index contributed by atoms with van der Waals surface area (Å²) in [7, 11) is 0. The number of halogens is 2. The lowest BCUT2D eigenvalue weighted by Crippen LogP contribution is -2.50. The molecular formula is C18H26Cl2N4O. The van der Waals surface area contributed by atoms with E-state index >= 15 is 0 Å². The predicted octanol–water partition coefficient (Wildman–Crippen LogP) is 2.51. The van der Waals surface area contributed by atoms with Crippen molar-refractivity contribution in [3.8, 4) is 5.69 Å². The molecular weight excluding hydrogens is 359 g/mol. The lowest BCUT2D eigenvalue weighted by molar-refractivity contribution is -0.0500. The maximum Gasteiger partial charge on any atom is 0.0867 e. The topological polar surface area (TPSA) is 42.3 Å². The van der Waals surface area contributed by atoms with E-state index in [4.69, 9.17) is 4.74 Å². The van der Waals surface area contributed by atoms with E-state index in [1.54, 1.807) is 0 Å². The van der Waals surface area contributed by atoms with E-state index < -0.39 is 0 Å². The van der Waals surface area contributed by atoms with Crippen molar-refractivity contribution in [2.45, 2.75) is 32.5 Å². The maximum absolute atomic E-state index is 5.85. The van der Waals surface area contributed by atoms with E-state index in [-0.39, 0.29) is 24.8 Å². The summed E-state index contributed by atoms with van der Waals surface area (Å²) in [5.74, 6) is 0. The number of nitrogens with zero attached hydrogens (tertiary/aromatic N) is 3. The number of aromatic nitrogens is 2. The van der Waals surface area contributed by atoms with Crippen LogP contribution >= 0.6 is 24.8 Å². The van der Waals surface area contributed by atoms with E-state index in [0.717, 1.165) is 44.2 Å². The van der Waals surface area contributed by atoms with Gasteiger partial charge in [0.25, 0.3) is 0 Å². The van der Waals surface area contributed by atoms with E-state index in [1.807, 2.05) is 11.6 Å². The number of hydrogen-bond acceptors (Lipinski definition) is 4. The highest BCUT2D eigenvalue weighted by molar-refractivity contribution is 5.85. The second-order valence-electron chi connectivity index (χ2n) is 6.61. The highest BCUT2D eigenvalue weighted by atomic mass is 35.5. The Morgan fingerprint density at radius 2 is 1.92 bits per heavy atom. The molecule has 1 aromatic carbocycles. The van der Waals surface area contributed by atoms with Gasteiger partial charge in [-0.2, -0.15) is 5.10 Å². The molecule has 0 amide bonds. The molecule has 5 nitrogen and oxygen atoms in total. The van der Waals surface area contributed by atoms with Crippen LogP contribution in [-0.4, -0.2) is 53.1 Å². The fourth-order valence-corrected chi connectivity index (χ4v) is 3.73. The van der Waals surface area contributed by atoms with Crippen LogP contribution < -0.4 is 5.32 Å². The first-order chi connectivity index (χ1) is 11.2. The molecule has 2 fully saturated rings. The number of morpholine rings is 1. The van der Waals surface area contributed by atoms with Crippen LogP contribution in [0.2, 0.25) is 0 Å². The Kier molecular flexibility index (Phi) is 6.88. The minimum Gasteiger partial charge on any atom is -0.374 e. The van der Waals surface area contributed by atoms with Crippen LogP contribution in [0.25, 0.3) is 5.69 Å². The van der Waals surface area contributed by atoms with Gasteiger partial charge in [0, 0.05) is 37.9 Å². The van der Waals surface area contributed by atoms with E-state index in [2.05, 4.69) is 52.6 Å². The van der Waals surface area contributed by atoms with E-state index in [1.165, 1.54) is 11.3 Å². The molecule has 0 radical (unpaired) electrons. The van der Waals surface area contributed by atoms with Crippen LogP contribution in [0, 0.1) is 13.8 Å². The number of nitrogens with one attached hydrogen (secondary N) is 1. The van der Waals surface area contributed by atoms with Crippen molar-refractivity contribution in [1.29, 1.82) is 0 Å². The van der Waals surface area contributed by atoms with Gasteiger partial charge in [0.2, 0.25) is 0 Å². The summed E-state index contributed by atoms with van der Waals surface area (Å²) in [5.41, 5.74) is 4.70. The van der Waals surface area contributed by atoms with Gasteiger partial charge >= 0.3 is 0 Å². The van der Waals surface area contributed by atoms with Crippen molar-refractivity contribution in [1.82, 2.24) is 20.0 Å². The van der Waals surface area contributed by atoms with Crippen molar-refractivity contribution in [3.63, 3.8) is 0 Å². The fraction of sp³-hybridized carbons (Fsp3) is 0.500. The first-order valence-electron chi connectivity index (χ1n) is 8.40. The second kappa shape index (κ2) is 8.52. The molecule has 0 unspecified atom stereocenters. The zero-order chi connectivity index (χ0) is 15.8. The van der Waals surface area contributed by atoms with Crippen LogP contribution in [-0.2, 0) is 11.3 Å². The predicted molar refractivity (Wildman–Crippen MR) is 104 cm³/mol. The third-order valence-electron chi connectivity index (χ3n) is 4.88. The van der Waals surface area contributed by atoms with Crippen LogP contribution in [0.15, 0.2) is 30.3 Å². The van der Waals surface area contributed by atoms with Gasteiger partial charge in [-0.3, -0.25) is 4.90 Å². The number of benzene rings is 1. The Bertz CT molecular complexity index is 689. The molecule has 7 heteroatoms. The molecule has 0 saturated carbocycles. The van der Waals surface area contributed by atoms with Crippen LogP contribution in [0.1, 0.15) is 17.0 Å². The van der Waals surface area contributed by atoms with Gasteiger partial charge in [-0.15, -0.1) is 24.8 Å². The highest BCUT2D eigenvalue weighted by Crippen LogP contribution is 2.21. The van der Waals surface area contributed by atoms with Gasteiger partial charge in [-0.1, -0.05) is 12.1 Å². The van der Waals surface area contributed by atoms with E-state index in [0.29, 0.717) is 12.1 Å². The Balaban J connectivity index is 0.00000113. The van der Waals surface area contributed by atoms with E-state index in [9.17, 15) is 0 Å². The molecule has 1 N–H and O–H groups in total. The second-order valence-corrected chi connectivity index (χ2v) is 6.61. The summed E-state index contributed by atoms with van der Waals surface area (Å²) in [6.45, 7) is 8.99. The number of ether oxygens (including phenoxy) is 1. The van der Waals surface area contributed by atoms with Crippen molar-refractivity contribution in [2.24, 2.45) is 0 Å². The fourth-order valence-electron chi connectivity index (χ4n) is 3.73. The smallest absolute Gasteiger partial charge is 0.0867 e. The Morgan fingerprint density at radius 1 is 1.16 bits per heavy atom. The largest absolute Gasteiger partial charge is 0.374 e. The molecule has 2 aromatic rings. The zero-order valence-corrected chi connectivity index (χ0v) is 16.3. The molecule has 2 aliphatic heterocycles. The van der Waals surface area contributed by atoms with Crippen LogP contribution in [0.3, 0.4) is 0 Å². The van der Waals surface area contributed by atoms with Crippen molar-refractivity contribution < 1.29 is 4.74 Å². The molecule has 0 bridgehead atoms. The van der Waals surface area contributed by atoms with Crippen molar-refractivity contribution in [2.75, 3.05) is 26.2 Å². The summed E-state index contributed by atoms with van der Waals surface area (Å²) in [6.07, 6.45) is 0.359. The molecule has 2 aliphatic rings. The normalized spacial score (nSPS) is 22.8. The molecule has 4 rings (SSSR count). The van der Waals surface area contributed by atoms with Crippen molar-refractivity contribution >= 4 is 24.8 Å². The van der Waals surface area contributed by atoms with Crippen LogP contribution in [0.4, 0.5) is 0 Å². The highest BCUT2D eigenvalue weighted by Gasteiger charge is 2.35. The van der Waals surface area contributed by atoms with Gasteiger partial charge in [0.05, 0.1) is 24.1 Å². The lowest BCUT2D eigenvalue weighted by atomic mass is 10.1. The van der Waals surface area contributed by atoms with Gasteiger partial charge in [0.1, 0.15) is 0 Å². The van der Waals surface area contributed by atoms with Gasteiger partial charge in [-0.25, -0.2) is 4.68 Å². The molecule has 2 saturated heterocycles. The first kappa shape index (κ1) is 20.2. The van der Waals surface area contributed by atoms with Gasteiger partial charge in [-0.05, 0) is 37.6 Å². The standard InChI is InChI=1S/C18H24N4O.2ClH/c1-13-9-14(2)22(20-13)16-5-3-15(4-6-16)12-21-7-8-23-18-11-19-10-17(18)21;;/h3-6,9,17-19H,7-8,10-12H2,1-2H3;2*1H/t17-,18+;;/m1../s1. The average Bonchev–Trinajstić information content (AvgIpc) is 3.15. The summed E-state index contributed by atoms with van der Waals surface area (Å²) < 4.78 is 7.85. The molecule has 25 heavy (non-hydrogen) atoms. The van der Waals surface area contributed by atoms with Gasteiger partial charge in [0.15, 0.2) is 0 Å². The quantitative estimate of drug-likeness (QED) is 0.882. The molecule has 1 aromatic heterocycles. The third-order valence-corrected chi connectivity index (χ3v) is 4.88. The number of aryl methyl sites for hydroxylation is 2. The summed E-state index contributed by atoms with van der Waals surface area (Å²) in [5, 5.41) is 7.99. The zero-order valence-electron chi connectivity index (χ0n) is 14.6. The number of hydrogen-bond donors (Lipinski definition) is 1. The monoisotopic (exact) mass is 384 g/mol.